The molecule has 0 radical (unpaired) electrons. The number of hydrogen-bond acceptors (Lipinski definition) is 2. The molecular weight excluding hydrogens is 164 g/mol. The van der Waals surface area contributed by atoms with Gasteiger partial charge in [0.15, 0.2) is 0 Å². The van der Waals surface area contributed by atoms with E-state index in [4.69, 9.17) is 5.11 Å². The highest BCUT2D eigenvalue weighted by atomic mass is 16.3. The molecule has 2 nitrogen and oxygen atoms in total. The predicted molar refractivity (Wildman–Crippen MR) is 52.2 cm³/mol. The molecule has 0 aromatic heterocycles. The van der Waals surface area contributed by atoms with Crippen LogP contribution >= 0.6 is 0 Å². The summed E-state index contributed by atoms with van der Waals surface area (Å²) in [6.07, 6.45) is 2.01. The van der Waals surface area contributed by atoms with Gasteiger partial charge in [0.05, 0.1) is 12.2 Å². The van der Waals surface area contributed by atoms with Crippen LogP contribution in [-0.2, 0) is 0 Å². The number of hydrogen-bond donors (Lipinski definition) is 2. The first-order chi connectivity index (χ1) is 6.20. The molecule has 0 bridgehead atoms. The second kappa shape index (κ2) is 4.80. The van der Waals surface area contributed by atoms with Crippen LogP contribution in [0.25, 0.3) is 0 Å². The minimum absolute atomic E-state index is 0.515. The van der Waals surface area contributed by atoms with Gasteiger partial charge >= 0.3 is 0 Å². The Morgan fingerprint density at radius 1 is 1.08 bits per heavy atom. The summed E-state index contributed by atoms with van der Waals surface area (Å²) in [4.78, 5) is 0. The van der Waals surface area contributed by atoms with Crippen molar-refractivity contribution in [3.63, 3.8) is 0 Å². The lowest BCUT2D eigenvalue weighted by molar-refractivity contribution is 0.218. The summed E-state index contributed by atoms with van der Waals surface area (Å²) in [6, 6.07) is 9.33. The van der Waals surface area contributed by atoms with Gasteiger partial charge in [0.1, 0.15) is 0 Å². The summed E-state index contributed by atoms with van der Waals surface area (Å²) in [5.74, 6) is 0. The van der Waals surface area contributed by atoms with Crippen molar-refractivity contribution in [2.45, 2.75) is 19.1 Å². The fourth-order valence-electron chi connectivity index (χ4n) is 1.03. The van der Waals surface area contributed by atoms with Crippen molar-refractivity contribution in [3.8, 4) is 0 Å². The normalized spacial score (nSPS) is 15.9. The first-order valence-corrected chi connectivity index (χ1v) is 4.29. The second-order valence-corrected chi connectivity index (χ2v) is 2.98. The molecule has 0 unspecified atom stereocenters. The van der Waals surface area contributed by atoms with Gasteiger partial charge in [-0.1, -0.05) is 42.5 Å². The van der Waals surface area contributed by atoms with E-state index in [9.17, 15) is 5.11 Å². The number of aliphatic hydroxyl groups excluding tert-OH is 2. The van der Waals surface area contributed by atoms with Crippen LogP contribution in [0, 0.1) is 0 Å². The lowest BCUT2D eigenvalue weighted by Gasteiger charge is -2.05. The van der Waals surface area contributed by atoms with Gasteiger partial charge in [0.25, 0.3) is 0 Å². The molecule has 1 rings (SSSR count). The quantitative estimate of drug-likeness (QED) is 0.691. The lowest BCUT2D eigenvalue weighted by atomic mass is 10.1. The van der Waals surface area contributed by atoms with Gasteiger partial charge in [-0.25, -0.2) is 0 Å². The van der Waals surface area contributed by atoms with Crippen LogP contribution < -0.4 is 0 Å². The van der Waals surface area contributed by atoms with Crippen LogP contribution in [-0.4, -0.2) is 16.3 Å². The minimum Gasteiger partial charge on any atom is -0.389 e. The molecule has 1 aromatic carbocycles. The van der Waals surface area contributed by atoms with Gasteiger partial charge < -0.3 is 10.2 Å². The van der Waals surface area contributed by atoms with E-state index in [2.05, 4.69) is 0 Å². The van der Waals surface area contributed by atoms with E-state index in [-0.39, 0.29) is 0 Å². The average molecular weight is 178 g/mol. The second-order valence-electron chi connectivity index (χ2n) is 2.98. The smallest absolute Gasteiger partial charge is 0.0972 e. The standard InChI is InChI=1S/C11H14O2/c1-9(12)7-8-11(13)10-5-3-2-4-6-10/h2-9,11-13H,1H3/b8-7+/t9-,11-/m1/s1. The SMILES string of the molecule is C[C@@H](O)/C=C/[C@@H](O)c1ccccc1. The molecule has 2 heteroatoms. The van der Waals surface area contributed by atoms with E-state index in [1.165, 1.54) is 0 Å². The van der Waals surface area contributed by atoms with Crippen molar-refractivity contribution >= 4 is 0 Å². The maximum atomic E-state index is 9.57. The van der Waals surface area contributed by atoms with E-state index < -0.39 is 12.2 Å². The van der Waals surface area contributed by atoms with Crippen molar-refractivity contribution in [1.82, 2.24) is 0 Å². The van der Waals surface area contributed by atoms with E-state index >= 15 is 0 Å². The van der Waals surface area contributed by atoms with Crippen LogP contribution in [0.3, 0.4) is 0 Å². The van der Waals surface area contributed by atoms with Gasteiger partial charge in [-0.2, -0.15) is 0 Å². The van der Waals surface area contributed by atoms with E-state index in [0.29, 0.717) is 0 Å². The Balaban J connectivity index is 2.64. The summed E-state index contributed by atoms with van der Waals surface area (Å²) >= 11 is 0. The van der Waals surface area contributed by atoms with Crippen LogP contribution in [0.2, 0.25) is 0 Å². The Kier molecular flexibility index (Phi) is 3.68. The Bertz CT molecular complexity index is 265. The molecule has 1 aromatic rings. The van der Waals surface area contributed by atoms with Gasteiger partial charge in [0.2, 0.25) is 0 Å². The summed E-state index contributed by atoms with van der Waals surface area (Å²) < 4.78 is 0. The van der Waals surface area contributed by atoms with Crippen LogP contribution in [0.5, 0.6) is 0 Å². The average Bonchev–Trinajstić information content (AvgIpc) is 2.15. The predicted octanol–water partition coefficient (Wildman–Crippen LogP) is 1.66. The molecule has 2 N–H and O–H groups in total. The molecule has 0 spiro atoms. The Labute approximate surface area is 78.2 Å². The molecule has 0 aliphatic heterocycles. The fraction of sp³-hybridized carbons (Fsp3) is 0.273. The molecule has 0 saturated carbocycles. The molecule has 0 aliphatic rings. The fourth-order valence-corrected chi connectivity index (χ4v) is 1.03. The molecule has 0 amide bonds. The first kappa shape index (κ1) is 9.96. The van der Waals surface area contributed by atoms with Gasteiger partial charge in [-0.05, 0) is 12.5 Å². The molecule has 70 valence electrons. The zero-order valence-electron chi connectivity index (χ0n) is 7.59. The van der Waals surface area contributed by atoms with E-state index in [0.717, 1.165) is 5.56 Å². The Morgan fingerprint density at radius 2 is 1.69 bits per heavy atom. The molecule has 0 aliphatic carbocycles. The monoisotopic (exact) mass is 178 g/mol. The number of aliphatic hydroxyl groups is 2. The Hall–Kier alpha value is -1.12. The third-order valence-corrected chi connectivity index (χ3v) is 1.71. The molecule has 0 heterocycles. The third kappa shape index (κ3) is 3.40. The highest BCUT2D eigenvalue weighted by Crippen LogP contribution is 2.13. The zero-order valence-corrected chi connectivity index (χ0v) is 7.59. The van der Waals surface area contributed by atoms with Crippen LogP contribution in [0.1, 0.15) is 18.6 Å². The van der Waals surface area contributed by atoms with E-state index in [1.54, 1.807) is 19.1 Å². The summed E-state index contributed by atoms with van der Waals surface area (Å²) in [6.45, 7) is 1.65. The van der Waals surface area contributed by atoms with Crippen molar-refractivity contribution in [1.29, 1.82) is 0 Å². The topological polar surface area (TPSA) is 40.5 Å². The van der Waals surface area contributed by atoms with Crippen LogP contribution in [0.15, 0.2) is 42.5 Å². The molecular formula is C11H14O2. The molecule has 0 fully saturated rings. The molecule has 2 atom stereocenters. The first-order valence-electron chi connectivity index (χ1n) is 4.29. The van der Waals surface area contributed by atoms with Crippen molar-refractivity contribution < 1.29 is 10.2 Å². The highest BCUT2D eigenvalue weighted by molar-refractivity contribution is 5.20. The van der Waals surface area contributed by atoms with Gasteiger partial charge in [0, 0.05) is 0 Å². The lowest BCUT2D eigenvalue weighted by Crippen LogP contribution is -1.97. The van der Waals surface area contributed by atoms with Crippen molar-refractivity contribution in [2.24, 2.45) is 0 Å². The molecule has 13 heavy (non-hydrogen) atoms. The maximum absolute atomic E-state index is 9.57. The zero-order chi connectivity index (χ0) is 9.68. The van der Waals surface area contributed by atoms with Gasteiger partial charge in [-0.3, -0.25) is 0 Å². The molecule has 0 saturated heterocycles. The van der Waals surface area contributed by atoms with E-state index in [1.807, 2.05) is 30.3 Å². The third-order valence-electron chi connectivity index (χ3n) is 1.71. The maximum Gasteiger partial charge on any atom is 0.0972 e. The van der Waals surface area contributed by atoms with Crippen molar-refractivity contribution in [3.05, 3.63) is 48.0 Å². The summed E-state index contributed by atoms with van der Waals surface area (Å²) in [7, 11) is 0. The summed E-state index contributed by atoms with van der Waals surface area (Å²) in [5.41, 5.74) is 0.833. The number of benzene rings is 1. The van der Waals surface area contributed by atoms with Crippen LogP contribution in [0.4, 0.5) is 0 Å². The number of rotatable bonds is 3. The Morgan fingerprint density at radius 3 is 2.23 bits per heavy atom. The van der Waals surface area contributed by atoms with Gasteiger partial charge in [-0.15, -0.1) is 0 Å². The largest absolute Gasteiger partial charge is 0.389 e. The minimum atomic E-state index is -0.629. The van der Waals surface area contributed by atoms with Crippen molar-refractivity contribution in [2.75, 3.05) is 0 Å². The highest BCUT2D eigenvalue weighted by Gasteiger charge is 2.01. The summed E-state index contributed by atoms with van der Waals surface area (Å²) in [5, 5.41) is 18.5.